The Bertz CT molecular complexity index is 218. The molecule has 1 rings (SSSR count). The Morgan fingerprint density at radius 3 is 2.54 bits per heavy atom. The highest BCUT2D eigenvalue weighted by Gasteiger charge is 2.44. The molecule has 0 amide bonds. The molecule has 0 radical (unpaired) electrons. The van der Waals surface area contributed by atoms with E-state index in [0.717, 1.165) is 18.5 Å². The monoisotopic (exact) mass is 220 g/mol. The van der Waals surface area contributed by atoms with E-state index in [1.807, 2.05) is 6.08 Å². The summed E-state index contributed by atoms with van der Waals surface area (Å²) < 4.78 is 20.7. The van der Waals surface area contributed by atoms with Crippen LogP contribution in [0.3, 0.4) is 0 Å². The SMILES string of the molecule is C=CC[C@H]1[C@@H](C)[C@@H](C)[C@H](SO)S1=O. The summed E-state index contributed by atoms with van der Waals surface area (Å²) >= 11 is 0.748. The lowest BCUT2D eigenvalue weighted by atomic mass is 9.93. The van der Waals surface area contributed by atoms with Gasteiger partial charge in [-0.2, -0.15) is 0 Å². The maximum atomic E-state index is 11.8. The molecule has 13 heavy (non-hydrogen) atoms. The van der Waals surface area contributed by atoms with Crippen molar-refractivity contribution in [3.8, 4) is 0 Å². The van der Waals surface area contributed by atoms with Crippen LogP contribution in [-0.4, -0.2) is 18.6 Å². The molecule has 1 aliphatic rings. The van der Waals surface area contributed by atoms with Gasteiger partial charge >= 0.3 is 0 Å². The van der Waals surface area contributed by atoms with Gasteiger partial charge in [-0.3, -0.25) is 4.21 Å². The Morgan fingerprint density at radius 2 is 2.15 bits per heavy atom. The van der Waals surface area contributed by atoms with Gasteiger partial charge in [0.25, 0.3) is 0 Å². The third-order valence-corrected chi connectivity index (χ3v) is 6.45. The second-order valence-electron chi connectivity index (χ2n) is 3.58. The van der Waals surface area contributed by atoms with Gasteiger partial charge < -0.3 is 4.55 Å². The maximum Gasteiger partial charge on any atom is 0.109 e. The first kappa shape index (κ1) is 11.3. The van der Waals surface area contributed by atoms with Crippen molar-refractivity contribution in [3.05, 3.63) is 12.7 Å². The molecule has 0 saturated carbocycles. The van der Waals surface area contributed by atoms with E-state index in [0.29, 0.717) is 11.8 Å². The average molecular weight is 220 g/mol. The van der Waals surface area contributed by atoms with Crippen LogP contribution in [-0.2, 0) is 10.8 Å². The van der Waals surface area contributed by atoms with Crippen LogP contribution in [0.1, 0.15) is 20.3 Å². The predicted molar refractivity (Wildman–Crippen MR) is 59.1 cm³/mol. The molecule has 0 aliphatic carbocycles. The lowest BCUT2D eigenvalue weighted by molar-refractivity contribution is 0.423. The molecule has 76 valence electrons. The van der Waals surface area contributed by atoms with Crippen LogP contribution in [0.15, 0.2) is 12.7 Å². The second kappa shape index (κ2) is 4.62. The summed E-state index contributed by atoms with van der Waals surface area (Å²) in [5.74, 6) is 0.726. The fourth-order valence-electron chi connectivity index (χ4n) is 1.79. The van der Waals surface area contributed by atoms with Crippen molar-refractivity contribution in [1.82, 2.24) is 0 Å². The molecule has 1 heterocycles. The van der Waals surface area contributed by atoms with Crippen molar-refractivity contribution in [2.24, 2.45) is 11.8 Å². The van der Waals surface area contributed by atoms with E-state index < -0.39 is 10.8 Å². The van der Waals surface area contributed by atoms with Crippen molar-refractivity contribution in [1.29, 1.82) is 0 Å². The van der Waals surface area contributed by atoms with E-state index in [9.17, 15) is 4.21 Å². The van der Waals surface area contributed by atoms with E-state index >= 15 is 0 Å². The third-order valence-electron chi connectivity index (χ3n) is 2.88. The summed E-state index contributed by atoms with van der Waals surface area (Å²) in [7, 11) is -0.917. The van der Waals surface area contributed by atoms with E-state index in [4.69, 9.17) is 4.55 Å². The summed E-state index contributed by atoms with van der Waals surface area (Å²) in [6.45, 7) is 7.82. The van der Waals surface area contributed by atoms with Gasteiger partial charge in [0.1, 0.15) is 4.58 Å². The van der Waals surface area contributed by atoms with Gasteiger partial charge in [0, 0.05) is 28.1 Å². The normalized spacial score (nSPS) is 45.0. The van der Waals surface area contributed by atoms with Crippen LogP contribution in [0.25, 0.3) is 0 Å². The first-order chi connectivity index (χ1) is 6.13. The molecule has 1 saturated heterocycles. The number of allylic oxidation sites excluding steroid dienone is 1. The molecule has 2 nitrogen and oxygen atoms in total. The molecule has 0 spiro atoms. The zero-order chi connectivity index (χ0) is 10.0. The van der Waals surface area contributed by atoms with Gasteiger partial charge in [-0.15, -0.1) is 6.58 Å². The highest BCUT2D eigenvalue weighted by Crippen LogP contribution is 2.40. The molecule has 1 aliphatic heterocycles. The zero-order valence-corrected chi connectivity index (χ0v) is 9.61. The predicted octanol–water partition coefficient (Wildman–Crippen LogP) is 2.50. The van der Waals surface area contributed by atoms with Crippen LogP contribution in [0.4, 0.5) is 0 Å². The molecule has 1 N–H and O–H groups in total. The van der Waals surface area contributed by atoms with Crippen LogP contribution in [0.2, 0.25) is 0 Å². The number of rotatable bonds is 3. The summed E-state index contributed by atoms with van der Waals surface area (Å²) in [6.07, 6.45) is 2.60. The molecule has 0 aromatic heterocycles. The lowest BCUT2D eigenvalue weighted by Gasteiger charge is -2.14. The van der Waals surface area contributed by atoms with Gasteiger partial charge in [-0.05, 0) is 18.3 Å². The van der Waals surface area contributed by atoms with Gasteiger partial charge in [0.15, 0.2) is 0 Å². The Morgan fingerprint density at radius 1 is 1.54 bits per heavy atom. The summed E-state index contributed by atoms with van der Waals surface area (Å²) in [6, 6.07) is 0. The smallest absolute Gasteiger partial charge is 0.109 e. The fourth-order valence-corrected chi connectivity index (χ4v) is 5.01. The first-order valence-corrected chi connectivity index (χ1v) is 6.55. The summed E-state index contributed by atoms with van der Waals surface area (Å²) in [4.78, 5) is 0. The van der Waals surface area contributed by atoms with E-state index in [1.54, 1.807) is 0 Å². The minimum Gasteiger partial charge on any atom is -0.329 e. The topological polar surface area (TPSA) is 37.3 Å². The third kappa shape index (κ3) is 2.00. The number of hydrogen-bond donors (Lipinski definition) is 1. The second-order valence-corrected chi connectivity index (χ2v) is 6.37. The van der Waals surface area contributed by atoms with Crippen molar-refractivity contribution < 1.29 is 8.76 Å². The maximum absolute atomic E-state index is 11.8. The highest BCUT2D eigenvalue weighted by molar-refractivity contribution is 8.08. The van der Waals surface area contributed by atoms with Gasteiger partial charge in [-0.1, -0.05) is 19.9 Å². The van der Waals surface area contributed by atoms with Crippen molar-refractivity contribution in [3.63, 3.8) is 0 Å². The molecule has 4 heteroatoms. The molecule has 1 unspecified atom stereocenters. The van der Waals surface area contributed by atoms with Crippen molar-refractivity contribution in [2.75, 3.05) is 0 Å². The van der Waals surface area contributed by atoms with E-state index in [2.05, 4.69) is 20.4 Å². The van der Waals surface area contributed by atoms with Crippen LogP contribution in [0, 0.1) is 11.8 Å². The Hall–Kier alpha value is 0.200. The van der Waals surface area contributed by atoms with Crippen molar-refractivity contribution in [2.45, 2.75) is 30.1 Å². The molecule has 0 bridgehead atoms. The molecule has 0 aromatic carbocycles. The number of hydrogen-bond acceptors (Lipinski definition) is 3. The minimum atomic E-state index is -0.917. The zero-order valence-electron chi connectivity index (χ0n) is 7.97. The minimum absolute atomic E-state index is 0.111. The average Bonchev–Trinajstić information content (AvgIpc) is 2.31. The standard InChI is InChI=1S/C9H16O2S2/c1-4-5-8-6(2)7(3)9(12-10)13(8)11/h4,6-10H,1,5H2,2-3H3/t6-,7+,8-,9+,13?/m0/s1. The quantitative estimate of drug-likeness (QED) is 0.586. The Kier molecular flexibility index (Phi) is 4.01. The molecule has 0 aromatic rings. The van der Waals surface area contributed by atoms with Gasteiger partial charge in [0.05, 0.1) is 0 Å². The first-order valence-electron chi connectivity index (χ1n) is 4.44. The molecule has 1 fully saturated rings. The van der Waals surface area contributed by atoms with Gasteiger partial charge in [-0.25, -0.2) is 0 Å². The molecular formula is C9H16O2S2. The molecule has 5 atom stereocenters. The summed E-state index contributed by atoms with van der Waals surface area (Å²) in [5.41, 5.74) is 0. The van der Waals surface area contributed by atoms with Crippen LogP contribution < -0.4 is 0 Å². The Balaban J connectivity index is 2.77. The van der Waals surface area contributed by atoms with E-state index in [1.165, 1.54) is 0 Å². The van der Waals surface area contributed by atoms with Crippen molar-refractivity contribution >= 4 is 22.8 Å². The van der Waals surface area contributed by atoms with E-state index in [-0.39, 0.29) is 9.83 Å². The fraction of sp³-hybridized carbons (Fsp3) is 0.778. The highest BCUT2D eigenvalue weighted by atomic mass is 32.2. The van der Waals surface area contributed by atoms with Gasteiger partial charge in [0.2, 0.25) is 0 Å². The van der Waals surface area contributed by atoms with Crippen LogP contribution >= 0.6 is 12.0 Å². The summed E-state index contributed by atoms with van der Waals surface area (Å²) in [5, 5.41) is 0.178. The van der Waals surface area contributed by atoms with Crippen LogP contribution in [0.5, 0.6) is 0 Å². The largest absolute Gasteiger partial charge is 0.329 e. The Labute approximate surface area is 86.5 Å². The lowest BCUT2D eigenvalue weighted by Crippen LogP contribution is -2.16. The molecular weight excluding hydrogens is 204 g/mol.